The van der Waals surface area contributed by atoms with Crippen molar-refractivity contribution in [3.8, 4) is 0 Å². The van der Waals surface area contributed by atoms with Gasteiger partial charge >= 0.3 is 11.9 Å². The van der Waals surface area contributed by atoms with Gasteiger partial charge in [0.25, 0.3) is 0 Å². The van der Waals surface area contributed by atoms with Gasteiger partial charge in [0, 0.05) is 120 Å². The molecule has 0 radical (unpaired) electrons. The summed E-state index contributed by atoms with van der Waals surface area (Å²) in [4.78, 5) is 206. The van der Waals surface area contributed by atoms with E-state index >= 15 is 14.4 Å². The van der Waals surface area contributed by atoms with E-state index in [2.05, 4.69) is 82.7 Å². The molecule has 0 aliphatic carbocycles. The first kappa shape index (κ1) is 82.7. The molecule has 0 unspecified atom stereocenters. The Morgan fingerprint density at radius 3 is 1.28 bits per heavy atom. The molecule has 3 aromatic carbocycles. The van der Waals surface area contributed by atoms with Crippen LogP contribution in [0.1, 0.15) is 74.5 Å². The Kier molecular flexibility index (Phi) is 28.8. The molecule has 38 heteroatoms. The highest BCUT2D eigenvalue weighted by Gasteiger charge is 2.43. The quantitative estimate of drug-likeness (QED) is 0.0175. The number of amides is 11. The number of H-pyrrole nitrogens is 5. The fourth-order valence-corrected chi connectivity index (χ4v) is 12.9. The van der Waals surface area contributed by atoms with Gasteiger partial charge in [0.1, 0.15) is 72.5 Å². The number of aromatic nitrogens is 7. The number of carboxylic acid groups (broad SMARTS) is 2. The summed E-state index contributed by atoms with van der Waals surface area (Å²) in [6.45, 7) is 1.31. The van der Waals surface area contributed by atoms with E-state index in [1.807, 2.05) is 23.5 Å². The van der Waals surface area contributed by atoms with Crippen LogP contribution in [0.15, 0.2) is 116 Å². The van der Waals surface area contributed by atoms with Crippen LogP contribution in [0.25, 0.3) is 32.7 Å². The Labute approximate surface area is 632 Å². The van der Waals surface area contributed by atoms with Crippen LogP contribution < -0.4 is 58.9 Å². The number of fused-ring (bicyclic) bond motifs is 3. The van der Waals surface area contributed by atoms with Crippen LogP contribution in [-0.2, 0) is 94.4 Å². The number of hydrogen-bond donors (Lipinski definition) is 22. The predicted octanol–water partition coefficient (Wildman–Crippen LogP) is -3.78. The van der Waals surface area contributed by atoms with Crippen LogP contribution in [0.5, 0.6) is 0 Å². The number of aliphatic hydroxyl groups is 4. The summed E-state index contributed by atoms with van der Waals surface area (Å²) in [5.41, 5.74) is 10.3. The number of carbonyl (C=O) groups excluding carboxylic acids is 11. The molecule has 8 aromatic rings. The second-order valence-corrected chi connectivity index (χ2v) is 27.3. The van der Waals surface area contributed by atoms with E-state index < -0.39 is 194 Å². The zero-order chi connectivity index (χ0) is 80.2. The van der Waals surface area contributed by atoms with Crippen molar-refractivity contribution in [2.24, 2.45) is 11.7 Å². The summed E-state index contributed by atoms with van der Waals surface area (Å²) in [6, 6.07) is 2.22. The minimum atomic E-state index is -1.90. The van der Waals surface area contributed by atoms with Crippen LogP contribution in [0, 0.1) is 5.92 Å². The topological polar surface area (TPSA) is 598 Å². The number of imidazole rings is 2. The minimum Gasteiger partial charge on any atom is -0.481 e. The lowest BCUT2D eigenvalue weighted by molar-refractivity contribution is -0.144. The van der Waals surface area contributed by atoms with Gasteiger partial charge in [-0.2, -0.15) is 0 Å². The maximum absolute atomic E-state index is 15.2. The molecular weight excluding hydrogens is 1450 g/mol. The van der Waals surface area contributed by atoms with Crippen LogP contribution >= 0.6 is 0 Å². The molecule has 1 aliphatic rings. The number of likely N-dealkylation sites (tertiary alicyclic amines) is 1. The van der Waals surface area contributed by atoms with Crippen molar-refractivity contribution in [2.45, 2.75) is 157 Å². The molecule has 0 saturated carbocycles. The number of aromatic amines is 5. The zero-order valence-electron chi connectivity index (χ0n) is 60.7. The summed E-state index contributed by atoms with van der Waals surface area (Å²) in [7, 11) is 0. The van der Waals surface area contributed by atoms with Crippen LogP contribution in [-0.4, -0.2) is 252 Å². The fourth-order valence-electron chi connectivity index (χ4n) is 12.9. The molecule has 592 valence electrons. The lowest BCUT2D eigenvalue weighted by atomic mass is 10.00. The standard InChI is InChI=1S/C73H91N19O19/c1-36(2)60(71(108)87-54(24-41-29-75-34-80-41)66(103)88-56(32-94)69(106)82-50(18-19-59(97)98)63(100)89-57(33-95)73(110)111)90-68(105)55(25-42-30-76-35-81-42)85-65(102)52(22-39-27-78-48-15-8-5-12-44(39)48)86-70(107)58-17-10-20-92(58)72(109)61(37(3)96)91-67(104)53(23-40-28-79-49-16-9-6-13-45(40)49)84-64(101)51(83-62(99)46(74)31-93)21-38-26-77-47-14-7-4-11-43(38)47/h4-9,11-16,26-30,34-37,46,50-58,60-61,77-79,93-96H,10,17-25,31-33,74H2,1-3H3,(H,75,80)(H,76,81)(H,82,106)(H,83,99)(H,84,101)(H,85,102)(H,86,107)(H,87,108)(H,88,103)(H,89,100)(H,90,105)(H,91,104)(H,97,98)(H,110,111)/t37-,46+,50+,51+,52+,53+,54+,55+,56+,57+,58+,60+,61+/m1/s1. The second kappa shape index (κ2) is 38.6. The number of aliphatic hydroxyl groups excluding tert-OH is 4. The largest absolute Gasteiger partial charge is 0.481 e. The first-order valence-electron chi connectivity index (χ1n) is 35.8. The summed E-state index contributed by atoms with van der Waals surface area (Å²) in [5.74, 6) is -14.8. The highest BCUT2D eigenvalue weighted by atomic mass is 16.4. The van der Waals surface area contributed by atoms with Crippen molar-refractivity contribution >= 4 is 110 Å². The average Bonchev–Trinajstić information content (AvgIpc) is 1.71. The van der Waals surface area contributed by atoms with Crippen molar-refractivity contribution in [1.29, 1.82) is 0 Å². The first-order valence-corrected chi connectivity index (χ1v) is 35.8. The summed E-state index contributed by atoms with van der Waals surface area (Å²) in [6.07, 6.45) is 6.26. The van der Waals surface area contributed by atoms with Gasteiger partial charge in [-0.15, -0.1) is 0 Å². The normalized spacial score (nSPS) is 16.1. The molecule has 1 fully saturated rings. The van der Waals surface area contributed by atoms with Crippen LogP contribution in [0.2, 0.25) is 0 Å². The predicted molar refractivity (Wildman–Crippen MR) is 395 cm³/mol. The van der Waals surface area contributed by atoms with Gasteiger partial charge in [0.15, 0.2) is 0 Å². The number of nitrogens with one attached hydrogen (secondary N) is 15. The number of carboxylic acids is 2. The van der Waals surface area contributed by atoms with E-state index in [9.17, 15) is 78.6 Å². The Bertz CT molecular complexity index is 4610. The number of hydrogen-bond acceptors (Lipinski definition) is 20. The average molecular weight is 1540 g/mol. The Balaban J connectivity index is 0.934. The van der Waals surface area contributed by atoms with Gasteiger partial charge in [-0.1, -0.05) is 68.4 Å². The van der Waals surface area contributed by atoms with Gasteiger partial charge in [0.2, 0.25) is 65.0 Å². The molecule has 13 atom stereocenters. The van der Waals surface area contributed by atoms with E-state index in [4.69, 9.17) is 5.73 Å². The van der Waals surface area contributed by atoms with Crippen molar-refractivity contribution < 1.29 is 93.0 Å². The van der Waals surface area contributed by atoms with Crippen LogP contribution in [0.3, 0.4) is 0 Å². The third-order valence-corrected chi connectivity index (χ3v) is 19.0. The van der Waals surface area contributed by atoms with E-state index in [1.54, 1.807) is 87.0 Å². The Morgan fingerprint density at radius 1 is 0.468 bits per heavy atom. The Morgan fingerprint density at radius 2 is 0.856 bits per heavy atom. The molecule has 11 amide bonds. The van der Waals surface area contributed by atoms with Crippen LogP contribution in [0.4, 0.5) is 0 Å². The lowest BCUT2D eigenvalue weighted by Crippen LogP contribution is -2.62. The molecule has 0 spiro atoms. The molecule has 1 saturated heterocycles. The molecule has 6 heterocycles. The molecular formula is C73H91N19O19. The van der Waals surface area contributed by atoms with Gasteiger partial charge in [0.05, 0.1) is 38.6 Å². The van der Waals surface area contributed by atoms with Gasteiger partial charge < -0.3 is 119 Å². The molecule has 9 rings (SSSR count). The summed E-state index contributed by atoms with van der Waals surface area (Å²) >= 11 is 0. The van der Waals surface area contributed by atoms with Crippen molar-refractivity contribution in [3.63, 3.8) is 0 Å². The van der Waals surface area contributed by atoms with Gasteiger partial charge in [-0.3, -0.25) is 57.5 Å². The SMILES string of the molecule is CC(C)[C@H](NC(=O)[C@H](Cc1cnc[nH]1)NC(=O)[C@H](Cc1c[nH]c2ccccc12)NC(=O)[C@@H]1CCCN1C(=O)[C@@H](NC(=O)[C@H](Cc1c[nH]c2ccccc12)NC(=O)[C@H](Cc1c[nH]c2ccccc12)NC(=O)[C@@H](N)CO)[C@@H](C)O)C(=O)N[C@@H](Cc1cnc[nH]1)C(=O)N[C@@H](CO)C(=O)N[C@@H](CCC(=O)O)C(=O)N[C@@H](CO)C(=O)O. The van der Waals surface area contributed by atoms with Crippen molar-refractivity contribution in [3.05, 3.63) is 145 Å². The van der Waals surface area contributed by atoms with E-state index in [-0.39, 0.29) is 57.2 Å². The molecule has 111 heavy (non-hydrogen) atoms. The highest BCUT2D eigenvalue weighted by molar-refractivity contribution is 6.01. The third kappa shape index (κ3) is 21.7. The molecule has 38 nitrogen and oxygen atoms in total. The van der Waals surface area contributed by atoms with E-state index in [1.165, 1.54) is 32.0 Å². The fraction of sp³-hybridized carbons (Fsp3) is 0.411. The number of benzene rings is 3. The number of rotatable bonds is 40. The van der Waals surface area contributed by atoms with Crippen molar-refractivity contribution in [2.75, 3.05) is 26.4 Å². The van der Waals surface area contributed by atoms with Crippen molar-refractivity contribution in [1.82, 2.24) is 93.0 Å². The van der Waals surface area contributed by atoms with E-state index in [0.717, 1.165) is 15.8 Å². The monoisotopic (exact) mass is 1540 g/mol. The highest BCUT2D eigenvalue weighted by Crippen LogP contribution is 2.25. The zero-order valence-corrected chi connectivity index (χ0v) is 60.7. The maximum Gasteiger partial charge on any atom is 0.328 e. The first-order chi connectivity index (χ1) is 53.1. The maximum atomic E-state index is 15.2. The van der Waals surface area contributed by atoms with Gasteiger partial charge in [-0.25, -0.2) is 14.8 Å². The number of carbonyl (C=O) groups is 13. The second-order valence-electron chi connectivity index (χ2n) is 27.3. The minimum absolute atomic E-state index is 0.0226. The smallest absolute Gasteiger partial charge is 0.328 e. The molecule has 1 aliphatic heterocycles. The summed E-state index contributed by atoms with van der Waals surface area (Å²) in [5, 5.41) is 87.2. The number of aliphatic carboxylic acids is 2. The number of para-hydroxylation sites is 3. The summed E-state index contributed by atoms with van der Waals surface area (Å²) < 4.78 is 0. The third-order valence-electron chi connectivity index (χ3n) is 19.0. The van der Waals surface area contributed by atoms with E-state index in [0.29, 0.717) is 44.2 Å². The molecule has 23 N–H and O–H groups in total. The molecule has 0 bridgehead atoms. The lowest BCUT2D eigenvalue weighted by Gasteiger charge is -2.32. The number of nitrogens with two attached hydrogens (primary N) is 1. The number of nitrogens with zero attached hydrogens (tertiary/aromatic N) is 3. The van der Waals surface area contributed by atoms with Gasteiger partial charge in [-0.05, 0) is 67.0 Å². The Hall–Kier alpha value is -12.4. The molecule has 5 aromatic heterocycles.